The van der Waals surface area contributed by atoms with Crippen molar-refractivity contribution < 1.29 is 9.90 Å². The summed E-state index contributed by atoms with van der Waals surface area (Å²) in [5.41, 5.74) is 4.95. The van der Waals surface area contributed by atoms with E-state index in [4.69, 9.17) is 10.8 Å². The Balaban J connectivity index is 2.13. The lowest BCUT2D eigenvalue weighted by Gasteiger charge is -2.42. The topological polar surface area (TPSA) is 63.3 Å². The molecule has 2 rings (SSSR count). The van der Waals surface area contributed by atoms with Crippen LogP contribution in [0.3, 0.4) is 0 Å². The Bertz CT molecular complexity index is 220. The molecule has 2 aliphatic rings. The fourth-order valence-electron chi connectivity index (χ4n) is 2.35. The van der Waals surface area contributed by atoms with Crippen molar-refractivity contribution in [2.75, 3.05) is 0 Å². The summed E-state index contributed by atoms with van der Waals surface area (Å²) in [4.78, 5) is 11.0. The van der Waals surface area contributed by atoms with E-state index in [0.29, 0.717) is 23.3 Å². The monoisotopic (exact) mass is 201 g/mol. The van der Waals surface area contributed by atoms with E-state index in [0.717, 1.165) is 12.8 Å². The predicted octanol–water partition coefficient (Wildman–Crippen LogP) is 1.22. The molecule has 13 heavy (non-hydrogen) atoms. The van der Waals surface area contributed by atoms with E-state index in [-0.39, 0.29) is 0 Å². The molecule has 2 saturated heterocycles. The van der Waals surface area contributed by atoms with Gasteiger partial charge in [-0.3, -0.25) is 4.79 Å². The Hall–Kier alpha value is -0.220. The molecule has 2 fully saturated rings. The molecule has 0 aromatic rings. The van der Waals surface area contributed by atoms with Crippen molar-refractivity contribution in [2.24, 2.45) is 5.73 Å². The maximum atomic E-state index is 11.0. The first-order valence-electron chi connectivity index (χ1n) is 4.78. The number of thioether (sulfide) groups is 1. The highest BCUT2D eigenvalue weighted by atomic mass is 32.2. The lowest BCUT2D eigenvalue weighted by molar-refractivity contribution is -0.144. The van der Waals surface area contributed by atoms with Gasteiger partial charge in [-0.2, -0.15) is 11.8 Å². The van der Waals surface area contributed by atoms with Crippen LogP contribution in [0.5, 0.6) is 0 Å². The number of rotatable bonds is 1. The summed E-state index contributed by atoms with van der Waals surface area (Å²) in [7, 11) is 0. The van der Waals surface area contributed by atoms with E-state index < -0.39 is 11.5 Å². The molecule has 3 N–H and O–H groups in total. The summed E-state index contributed by atoms with van der Waals surface area (Å²) in [5, 5.41) is 10.0. The molecule has 2 atom stereocenters. The van der Waals surface area contributed by atoms with Gasteiger partial charge in [-0.1, -0.05) is 6.42 Å². The van der Waals surface area contributed by atoms with Gasteiger partial charge in [-0.15, -0.1) is 0 Å². The number of carbonyl (C=O) groups is 1. The third-order valence-corrected chi connectivity index (χ3v) is 4.62. The third-order valence-electron chi connectivity index (χ3n) is 3.05. The van der Waals surface area contributed by atoms with Crippen molar-refractivity contribution in [1.82, 2.24) is 0 Å². The minimum absolute atomic E-state index is 0.494. The lowest BCUT2D eigenvalue weighted by atomic mass is 9.83. The summed E-state index contributed by atoms with van der Waals surface area (Å²) in [6.07, 6.45) is 4.85. The van der Waals surface area contributed by atoms with Crippen LogP contribution in [0.1, 0.15) is 32.1 Å². The SMILES string of the molecule is NC1(C(=O)O)CC2CCCC(C1)S2. The normalized spacial score (nSPS) is 44.4. The highest BCUT2D eigenvalue weighted by molar-refractivity contribution is 8.00. The maximum Gasteiger partial charge on any atom is 0.323 e. The third kappa shape index (κ3) is 1.70. The molecule has 2 aliphatic heterocycles. The molecule has 0 radical (unpaired) electrons. The Kier molecular flexibility index (Phi) is 2.28. The van der Waals surface area contributed by atoms with Crippen LogP contribution in [0.2, 0.25) is 0 Å². The van der Waals surface area contributed by atoms with E-state index >= 15 is 0 Å². The van der Waals surface area contributed by atoms with Crippen LogP contribution in [-0.2, 0) is 4.79 Å². The number of hydrogen-bond donors (Lipinski definition) is 2. The molecule has 0 aromatic carbocycles. The summed E-state index contributed by atoms with van der Waals surface area (Å²) in [5.74, 6) is -0.815. The van der Waals surface area contributed by atoms with E-state index in [1.807, 2.05) is 11.8 Å². The van der Waals surface area contributed by atoms with Gasteiger partial charge in [-0.25, -0.2) is 0 Å². The Morgan fingerprint density at radius 2 is 1.92 bits per heavy atom. The molecule has 2 unspecified atom stereocenters. The number of hydrogen-bond acceptors (Lipinski definition) is 3. The molecule has 0 amide bonds. The van der Waals surface area contributed by atoms with Gasteiger partial charge in [0, 0.05) is 10.5 Å². The van der Waals surface area contributed by atoms with Crippen molar-refractivity contribution >= 4 is 17.7 Å². The highest BCUT2D eigenvalue weighted by Crippen LogP contribution is 2.44. The standard InChI is InChI=1S/C9H15NO2S/c10-9(8(11)12)4-6-2-1-3-7(5-9)13-6/h6-7H,1-5,10H2,(H,11,12). The van der Waals surface area contributed by atoms with Gasteiger partial charge >= 0.3 is 5.97 Å². The smallest absolute Gasteiger partial charge is 0.323 e. The van der Waals surface area contributed by atoms with Gasteiger partial charge in [0.15, 0.2) is 0 Å². The van der Waals surface area contributed by atoms with Gasteiger partial charge in [-0.05, 0) is 25.7 Å². The summed E-state index contributed by atoms with van der Waals surface area (Å²) >= 11 is 1.95. The van der Waals surface area contributed by atoms with Gasteiger partial charge in [0.25, 0.3) is 0 Å². The second-order valence-electron chi connectivity index (χ2n) is 4.18. The first-order valence-corrected chi connectivity index (χ1v) is 5.72. The highest BCUT2D eigenvalue weighted by Gasteiger charge is 2.44. The van der Waals surface area contributed by atoms with Crippen LogP contribution < -0.4 is 5.73 Å². The molecular formula is C9H15NO2S. The molecule has 2 bridgehead atoms. The van der Waals surface area contributed by atoms with Gasteiger partial charge in [0.2, 0.25) is 0 Å². The van der Waals surface area contributed by atoms with Gasteiger partial charge in [0.1, 0.15) is 5.54 Å². The molecule has 74 valence electrons. The molecular weight excluding hydrogens is 186 g/mol. The largest absolute Gasteiger partial charge is 0.480 e. The fraction of sp³-hybridized carbons (Fsp3) is 0.889. The molecule has 4 heteroatoms. The van der Waals surface area contributed by atoms with Crippen LogP contribution in [0.15, 0.2) is 0 Å². The van der Waals surface area contributed by atoms with Gasteiger partial charge < -0.3 is 10.8 Å². The Morgan fingerprint density at radius 1 is 1.38 bits per heavy atom. The number of nitrogens with two attached hydrogens (primary N) is 1. The summed E-state index contributed by atoms with van der Waals surface area (Å²) in [6.45, 7) is 0. The predicted molar refractivity (Wildman–Crippen MR) is 52.8 cm³/mol. The average Bonchev–Trinajstić information content (AvgIpc) is 2.02. The summed E-state index contributed by atoms with van der Waals surface area (Å²) < 4.78 is 0. The molecule has 0 aliphatic carbocycles. The minimum Gasteiger partial charge on any atom is -0.480 e. The van der Waals surface area contributed by atoms with E-state index in [2.05, 4.69) is 0 Å². The summed E-state index contributed by atoms with van der Waals surface area (Å²) in [6, 6.07) is 0. The zero-order valence-electron chi connectivity index (χ0n) is 7.53. The molecule has 0 aromatic heterocycles. The van der Waals surface area contributed by atoms with Gasteiger partial charge in [0.05, 0.1) is 0 Å². The number of carboxylic acids is 1. The first-order chi connectivity index (χ1) is 6.10. The van der Waals surface area contributed by atoms with Crippen LogP contribution in [-0.4, -0.2) is 27.1 Å². The average molecular weight is 201 g/mol. The zero-order valence-corrected chi connectivity index (χ0v) is 8.35. The molecule has 0 spiro atoms. The quantitative estimate of drug-likeness (QED) is 0.669. The molecule has 2 heterocycles. The zero-order chi connectivity index (χ0) is 9.47. The van der Waals surface area contributed by atoms with E-state index in [1.165, 1.54) is 6.42 Å². The Labute approximate surface area is 82.1 Å². The lowest BCUT2D eigenvalue weighted by Crippen LogP contribution is -2.55. The van der Waals surface area contributed by atoms with Crippen molar-refractivity contribution in [2.45, 2.75) is 48.1 Å². The van der Waals surface area contributed by atoms with Crippen LogP contribution in [0.4, 0.5) is 0 Å². The van der Waals surface area contributed by atoms with E-state index in [9.17, 15) is 4.79 Å². The minimum atomic E-state index is -0.930. The van der Waals surface area contributed by atoms with Crippen molar-refractivity contribution in [3.8, 4) is 0 Å². The van der Waals surface area contributed by atoms with Crippen molar-refractivity contribution in [3.63, 3.8) is 0 Å². The van der Waals surface area contributed by atoms with Crippen molar-refractivity contribution in [3.05, 3.63) is 0 Å². The van der Waals surface area contributed by atoms with Crippen molar-refractivity contribution in [1.29, 1.82) is 0 Å². The number of aliphatic carboxylic acids is 1. The van der Waals surface area contributed by atoms with Crippen LogP contribution in [0, 0.1) is 0 Å². The fourth-order valence-corrected chi connectivity index (χ4v) is 4.29. The Morgan fingerprint density at radius 3 is 2.38 bits per heavy atom. The first kappa shape index (κ1) is 9.34. The maximum absolute atomic E-state index is 11.0. The number of carboxylic acid groups (broad SMARTS) is 1. The van der Waals surface area contributed by atoms with Crippen LogP contribution in [0.25, 0.3) is 0 Å². The van der Waals surface area contributed by atoms with E-state index in [1.54, 1.807) is 0 Å². The van der Waals surface area contributed by atoms with Crippen LogP contribution >= 0.6 is 11.8 Å². The second kappa shape index (κ2) is 3.17. The number of fused-ring (bicyclic) bond motifs is 2. The molecule has 0 saturated carbocycles. The molecule has 3 nitrogen and oxygen atoms in total. The second-order valence-corrected chi connectivity index (χ2v) is 5.79.